The molecule has 1 atom stereocenters. The molecule has 0 aliphatic heterocycles. The molecule has 0 aromatic heterocycles. The van der Waals surface area contributed by atoms with Crippen LogP contribution in [0.5, 0.6) is 0 Å². The Bertz CT molecular complexity index is 33.9. The van der Waals surface area contributed by atoms with Crippen LogP contribution in [0.1, 0.15) is 0 Å². The lowest BCUT2D eigenvalue weighted by atomic mass is 9.99. The number of hydrogen-bond acceptors (Lipinski definition) is 1. The molecule has 5 heavy (non-hydrogen) atoms. The smallest absolute Gasteiger partial charge is 0.128 e. The number of rotatable bonds is 1. The van der Waals surface area contributed by atoms with E-state index in [1.165, 1.54) is 0 Å². The lowest BCUT2D eigenvalue weighted by molar-refractivity contribution is 1.15. The van der Waals surface area contributed by atoms with Crippen LogP contribution in [0.3, 0.4) is 0 Å². The van der Waals surface area contributed by atoms with Gasteiger partial charge in [-0.25, -0.2) is 0 Å². The molecule has 0 rings (SSSR count). The second-order valence-electron chi connectivity index (χ2n) is 1.09. The molecule has 0 amide bonds. The second kappa shape index (κ2) is 2.03. The summed E-state index contributed by atoms with van der Waals surface area (Å²) in [6, 6.07) is 0. The summed E-state index contributed by atoms with van der Waals surface area (Å²) in [5.41, 5.74) is 5.17. The topological polar surface area (TPSA) is 26.0 Å². The molecule has 0 aromatic carbocycles. The quantitative estimate of drug-likeness (QED) is 0.313. The highest BCUT2D eigenvalue weighted by Gasteiger charge is 1.74. The highest BCUT2D eigenvalue weighted by Crippen LogP contribution is 1.60. The number of nitrogens with two attached hydrogens (primary N) is 1. The number of hydrogen-bond donors (Lipinski definition) is 1. The van der Waals surface area contributed by atoms with Crippen molar-refractivity contribution in [1.29, 1.82) is 0 Å². The van der Waals surface area contributed by atoms with Crippen molar-refractivity contribution in [1.82, 2.24) is 0 Å². The predicted octanol–water partition coefficient (Wildman–Crippen LogP) is -0.910. The maximum atomic E-state index is 5.17. The van der Waals surface area contributed by atoms with Crippen molar-refractivity contribution in [2.75, 3.05) is 0 Å². The molecule has 0 radical (unpaired) electrons. The SMILES string of the molecule is BC(N)C=C. The van der Waals surface area contributed by atoms with E-state index in [-0.39, 0.29) is 5.94 Å². The van der Waals surface area contributed by atoms with Gasteiger partial charge in [0.2, 0.25) is 0 Å². The zero-order chi connectivity index (χ0) is 4.28. The van der Waals surface area contributed by atoms with Crippen molar-refractivity contribution in [2.45, 2.75) is 5.94 Å². The van der Waals surface area contributed by atoms with Gasteiger partial charge in [-0.2, -0.15) is 0 Å². The van der Waals surface area contributed by atoms with E-state index in [9.17, 15) is 0 Å². The van der Waals surface area contributed by atoms with Crippen LogP contribution in [-0.2, 0) is 0 Å². The summed E-state index contributed by atoms with van der Waals surface area (Å²) in [5.74, 6) is 0.148. The van der Waals surface area contributed by atoms with Crippen molar-refractivity contribution in [3.63, 3.8) is 0 Å². The first kappa shape index (κ1) is 4.76. The summed E-state index contributed by atoms with van der Waals surface area (Å²) >= 11 is 0. The summed E-state index contributed by atoms with van der Waals surface area (Å²) in [7, 11) is 1.88. The Morgan fingerprint density at radius 2 is 2.20 bits per heavy atom. The van der Waals surface area contributed by atoms with Gasteiger partial charge in [-0.3, -0.25) is 0 Å². The van der Waals surface area contributed by atoms with Gasteiger partial charge >= 0.3 is 0 Å². The third-order valence-electron chi connectivity index (χ3n) is 0.372. The van der Waals surface area contributed by atoms with E-state index in [0.717, 1.165) is 0 Å². The lowest BCUT2D eigenvalue weighted by Gasteiger charge is -1.85. The van der Waals surface area contributed by atoms with E-state index >= 15 is 0 Å². The third-order valence-corrected chi connectivity index (χ3v) is 0.372. The summed E-state index contributed by atoms with van der Waals surface area (Å²) in [4.78, 5) is 0. The first-order valence-electron chi connectivity index (χ1n) is 1.65. The lowest BCUT2D eigenvalue weighted by Crippen LogP contribution is -2.14. The van der Waals surface area contributed by atoms with Crippen molar-refractivity contribution in [3.8, 4) is 0 Å². The normalized spacial score (nSPS) is 13.8. The minimum absolute atomic E-state index is 0.148. The van der Waals surface area contributed by atoms with Crippen LogP contribution in [0, 0.1) is 0 Å². The van der Waals surface area contributed by atoms with Crippen LogP contribution in [-0.4, -0.2) is 13.8 Å². The van der Waals surface area contributed by atoms with E-state index in [1.807, 2.05) is 7.85 Å². The molecule has 0 saturated heterocycles. The van der Waals surface area contributed by atoms with Crippen molar-refractivity contribution < 1.29 is 0 Å². The summed E-state index contributed by atoms with van der Waals surface area (Å²) < 4.78 is 0. The molecule has 0 fully saturated rings. The minimum Gasteiger partial charge on any atom is -0.332 e. The van der Waals surface area contributed by atoms with Gasteiger partial charge < -0.3 is 5.73 Å². The molecule has 0 spiro atoms. The summed E-state index contributed by atoms with van der Waals surface area (Å²) in [5, 5.41) is 0. The van der Waals surface area contributed by atoms with Crippen LogP contribution < -0.4 is 5.73 Å². The zero-order valence-corrected chi connectivity index (χ0v) is 3.44. The average Bonchev–Trinajstić information content (AvgIpc) is 1.38. The Balaban J connectivity index is 2.83. The van der Waals surface area contributed by atoms with Crippen LogP contribution in [0.2, 0.25) is 0 Å². The maximum absolute atomic E-state index is 5.17. The van der Waals surface area contributed by atoms with Gasteiger partial charge in [0.25, 0.3) is 0 Å². The van der Waals surface area contributed by atoms with Gasteiger partial charge in [-0.05, 0) is 5.94 Å². The van der Waals surface area contributed by atoms with E-state index in [4.69, 9.17) is 5.73 Å². The first-order chi connectivity index (χ1) is 2.27. The molecule has 2 N–H and O–H groups in total. The standard InChI is InChI=1S/C3H8BN/c1-2-3(4)5/h2-3H,1,4-5H2. The zero-order valence-electron chi connectivity index (χ0n) is 3.44. The Morgan fingerprint density at radius 3 is 2.20 bits per heavy atom. The van der Waals surface area contributed by atoms with Crippen molar-refractivity contribution in [3.05, 3.63) is 12.7 Å². The molecule has 0 aromatic rings. The van der Waals surface area contributed by atoms with Crippen LogP contribution >= 0.6 is 0 Å². The van der Waals surface area contributed by atoms with Crippen molar-refractivity contribution >= 4 is 7.85 Å². The van der Waals surface area contributed by atoms with Crippen LogP contribution in [0.4, 0.5) is 0 Å². The van der Waals surface area contributed by atoms with Gasteiger partial charge in [0.05, 0.1) is 0 Å². The Hall–Kier alpha value is -0.235. The Kier molecular flexibility index (Phi) is 1.94. The maximum Gasteiger partial charge on any atom is 0.128 e. The average molecular weight is 68.9 g/mol. The predicted molar refractivity (Wildman–Crippen MR) is 26.7 cm³/mol. The van der Waals surface area contributed by atoms with Gasteiger partial charge in [0.15, 0.2) is 0 Å². The third kappa shape index (κ3) is 3.76. The molecular weight excluding hydrogens is 60.9 g/mol. The Labute approximate surface area is 33.3 Å². The van der Waals surface area contributed by atoms with Gasteiger partial charge in [0.1, 0.15) is 7.85 Å². The molecule has 0 aliphatic rings. The molecule has 2 heteroatoms. The fourth-order valence-corrected chi connectivity index (χ4v) is 0. The molecule has 28 valence electrons. The fraction of sp³-hybridized carbons (Fsp3) is 0.333. The van der Waals surface area contributed by atoms with E-state index in [1.54, 1.807) is 6.08 Å². The fourth-order valence-electron chi connectivity index (χ4n) is 0. The highest BCUT2D eigenvalue weighted by atomic mass is 14.6. The van der Waals surface area contributed by atoms with Gasteiger partial charge in [-0.1, -0.05) is 6.08 Å². The van der Waals surface area contributed by atoms with Gasteiger partial charge in [-0.15, -0.1) is 6.58 Å². The molecular formula is C3H8BN. The molecule has 1 nitrogen and oxygen atoms in total. The Morgan fingerprint density at radius 1 is 2.00 bits per heavy atom. The van der Waals surface area contributed by atoms with Gasteiger partial charge in [0, 0.05) is 0 Å². The molecule has 1 unspecified atom stereocenters. The molecule has 0 bridgehead atoms. The first-order valence-corrected chi connectivity index (χ1v) is 1.65. The summed E-state index contributed by atoms with van der Waals surface area (Å²) in [6.45, 7) is 3.44. The van der Waals surface area contributed by atoms with Crippen LogP contribution in [0.15, 0.2) is 12.7 Å². The van der Waals surface area contributed by atoms with E-state index < -0.39 is 0 Å². The van der Waals surface area contributed by atoms with E-state index in [0.29, 0.717) is 0 Å². The molecule has 0 aliphatic carbocycles. The van der Waals surface area contributed by atoms with E-state index in [2.05, 4.69) is 6.58 Å². The monoisotopic (exact) mass is 69.1 g/mol. The second-order valence-corrected chi connectivity index (χ2v) is 1.09. The molecule has 0 heterocycles. The summed E-state index contributed by atoms with van der Waals surface area (Å²) in [6.07, 6.45) is 1.69. The van der Waals surface area contributed by atoms with Crippen LogP contribution in [0.25, 0.3) is 0 Å². The molecule has 0 saturated carbocycles. The minimum atomic E-state index is 0.148. The highest BCUT2D eigenvalue weighted by molar-refractivity contribution is 6.12. The van der Waals surface area contributed by atoms with Crippen molar-refractivity contribution in [2.24, 2.45) is 5.73 Å². The largest absolute Gasteiger partial charge is 0.332 e.